The second-order valence-electron chi connectivity index (χ2n) is 39.6. The van der Waals surface area contributed by atoms with Gasteiger partial charge >= 0.3 is 0 Å². The SMILES string of the molecule is Cc1cc2oc3ccccc3c2cc1N1C(C)C2CCC1(C)C2.Cc1cc2oc3ccccc3c2cc1N1C2CCC(C)(C2)C1C.Cc1cc2oc3ccccc3c2cc1N1C2CCC(C2)C1C.Cc1ccc2c(n1)oc1c(N3C4CCC(CC4)N(C)C3C)c(C)ccc12.[2H]C12CCC([2H])(c3ccccc31)N(c1c(C)ccc3c1oc1nc(C)ccc13)C(C)N2C. The molecule has 0 N–H and O–H groups in total. The van der Waals surface area contributed by atoms with Crippen LogP contribution in [0.1, 0.15) is 210 Å². The van der Waals surface area contributed by atoms with Gasteiger partial charge in [0.2, 0.25) is 11.4 Å². The Hall–Kier alpha value is -10.8. The molecular formula is C110H121N9O5. The Labute approximate surface area is 732 Å². The van der Waals surface area contributed by atoms with Crippen molar-refractivity contribution in [3.8, 4) is 0 Å². The van der Waals surface area contributed by atoms with Gasteiger partial charge in [-0.05, 0) is 335 Å². The predicted octanol–water partition coefficient (Wildman–Crippen LogP) is 27.9. The maximum Gasteiger partial charge on any atom is 0.227 e. The molecule has 636 valence electrons. The molecule has 14 heterocycles. The summed E-state index contributed by atoms with van der Waals surface area (Å²) in [6, 6.07) is 66.7. The molecule has 14 heteroatoms. The van der Waals surface area contributed by atoms with E-state index >= 15 is 0 Å². The lowest BCUT2D eigenvalue weighted by Gasteiger charge is -2.43. The Morgan fingerprint density at radius 3 is 1.34 bits per heavy atom. The number of piperidine rings is 3. The number of anilines is 5. The number of aromatic nitrogens is 2. The predicted molar refractivity (Wildman–Crippen MR) is 512 cm³/mol. The average Bonchev–Trinajstić information content (AvgIpc) is 1.52. The number of aryl methyl sites for hydroxylation is 7. The number of rotatable bonds is 5. The van der Waals surface area contributed by atoms with Crippen LogP contribution < -0.4 is 24.5 Å². The maximum absolute atomic E-state index is 9.83. The zero-order valence-electron chi connectivity index (χ0n) is 77.3. The lowest BCUT2D eigenvalue weighted by molar-refractivity contribution is 0.184. The van der Waals surface area contributed by atoms with Crippen LogP contribution in [0.4, 0.5) is 28.4 Å². The third kappa shape index (κ3) is 12.6. The minimum absolute atomic E-state index is 0.174. The van der Waals surface area contributed by atoms with Gasteiger partial charge in [-0.25, -0.2) is 9.97 Å². The van der Waals surface area contributed by atoms with Crippen molar-refractivity contribution in [3.63, 3.8) is 0 Å². The zero-order valence-corrected chi connectivity index (χ0v) is 75.3. The van der Waals surface area contributed by atoms with Crippen molar-refractivity contribution in [3.05, 3.63) is 232 Å². The van der Waals surface area contributed by atoms with E-state index in [9.17, 15) is 2.74 Å². The molecule has 13 unspecified atom stereocenters. The van der Waals surface area contributed by atoms with Crippen LogP contribution in [0.5, 0.6) is 0 Å². The summed E-state index contributed by atoms with van der Waals surface area (Å²) < 4.78 is 50.1. The molecule has 0 radical (unpaired) electrons. The molecule has 28 rings (SSSR count). The highest BCUT2D eigenvalue weighted by Gasteiger charge is 2.54. The van der Waals surface area contributed by atoms with Crippen molar-refractivity contribution in [2.24, 2.45) is 17.3 Å². The van der Waals surface area contributed by atoms with Gasteiger partial charge in [0.1, 0.15) is 33.5 Å². The first-order valence-electron chi connectivity index (χ1n) is 47.5. The molecular weight excluding hydrogens is 1530 g/mol. The highest BCUT2D eigenvalue weighted by Crippen LogP contribution is 2.58. The van der Waals surface area contributed by atoms with Gasteiger partial charge < -0.3 is 46.6 Å². The van der Waals surface area contributed by atoms with E-state index in [4.69, 9.17) is 22.1 Å². The number of para-hydroxylation sites is 3. The molecule has 12 aliphatic rings. The lowest BCUT2D eigenvalue weighted by Crippen LogP contribution is -2.47. The molecule has 0 spiro atoms. The molecule has 9 aromatic carbocycles. The molecule has 14 nitrogen and oxygen atoms in total. The van der Waals surface area contributed by atoms with Crippen molar-refractivity contribution < 1.29 is 24.8 Å². The summed E-state index contributed by atoms with van der Waals surface area (Å²) >= 11 is 0. The fraction of sp³-hybridized carbons (Fsp3) is 0.418. The smallest absolute Gasteiger partial charge is 0.227 e. The van der Waals surface area contributed by atoms with Crippen molar-refractivity contribution in [1.29, 1.82) is 0 Å². The van der Waals surface area contributed by atoms with Crippen LogP contribution in [-0.4, -0.2) is 94.0 Å². The molecule has 4 saturated carbocycles. The van der Waals surface area contributed by atoms with E-state index in [1.165, 1.54) is 166 Å². The number of furan rings is 5. The summed E-state index contributed by atoms with van der Waals surface area (Å²) in [5.41, 5.74) is 26.5. The van der Waals surface area contributed by atoms with Gasteiger partial charge in [-0.1, -0.05) is 110 Å². The summed E-state index contributed by atoms with van der Waals surface area (Å²) in [7, 11) is 4.30. The second kappa shape index (κ2) is 30.0. The van der Waals surface area contributed by atoms with Crippen LogP contribution in [-0.2, 0) is 0 Å². The molecule has 10 fully saturated rings. The highest BCUT2D eigenvalue weighted by atomic mass is 16.4. The standard InChI is InChI=1S/C26H27N3O.C22H27N3O.2C21H23NO.C20H21NO/c1-15-9-11-20-21-12-10-16(2)27-26(21)30-25(20)24(15)29-17(3)28(4)22-13-14-23(29)19-8-6-5-7-18(19)22;1-13-5-11-18-19-12-6-14(2)23-22(19)26-21(18)20(13)25-15(3)24(4)16-7-9-17(25)10-8-16;1-13-10-20-17(16-6-4-5-7-19(16)23-20)11-18(13)22-14(2)21(3)9-8-15(22)12-21;1-13-10-20-17(16-6-4-5-7-19(16)23-20)11-18(13)22-14(2)15-8-9-21(22,3)12-15;1-12-9-20-17(16-5-3-4-6-19(16)22-20)11-18(12)21-13(2)14-7-8-15(21)10-14/h5-12,17,22-23H,13-14H2,1-4H3;5-6,11-12,15-17H,7-10H2,1-4H3;2*4-7,10-11,14-15H,8-9,12H2,1-3H3;3-6,9,11,13-15H,7-8,10H2,1-2H3/i22D,23D;;;;. The van der Waals surface area contributed by atoms with Crippen LogP contribution in [0.15, 0.2) is 204 Å². The van der Waals surface area contributed by atoms with Crippen molar-refractivity contribution in [2.75, 3.05) is 38.6 Å². The van der Waals surface area contributed by atoms with E-state index in [2.05, 4.69) is 268 Å². The van der Waals surface area contributed by atoms with Gasteiger partial charge in [-0.2, -0.15) is 0 Å². The first kappa shape index (κ1) is 76.8. The Morgan fingerprint density at radius 2 is 0.823 bits per heavy atom. The number of hydrogen-bond donors (Lipinski definition) is 0. The third-order valence-electron chi connectivity index (χ3n) is 32.4. The van der Waals surface area contributed by atoms with Gasteiger partial charge in [0.15, 0.2) is 11.2 Å². The molecule has 13 atom stereocenters. The number of hydrogen-bond acceptors (Lipinski definition) is 14. The van der Waals surface area contributed by atoms with Crippen LogP contribution in [0.2, 0.25) is 0 Å². The van der Waals surface area contributed by atoms with E-state index in [0.29, 0.717) is 71.9 Å². The molecule has 124 heavy (non-hydrogen) atoms. The Morgan fingerprint density at radius 1 is 0.355 bits per heavy atom. The van der Waals surface area contributed by atoms with Crippen LogP contribution in [0.25, 0.3) is 110 Å². The van der Waals surface area contributed by atoms with Crippen molar-refractivity contribution >= 4 is 138 Å². The van der Waals surface area contributed by atoms with E-state index in [-0.39, 0.29) is 6.17 Å². The van der Waals surface area contributed by atoms with Crippen molar-refractivity contribution in [1.82, 2.24) is 19.8 Å². The summed E-state index contributed by atoms with van der Waals surface area (Å²) in [6.07, 6.45) is 18.8. The number of fused-ring (bicyclic) bond motifs is 28. The fourth-order valence-corrected chi connectivity index (χ4v) is 25.5. The number of benzene rings is 9. The molecule has 0 amide bonds. The van der Waals surface area contributed by atoms with Gasteiger partial charge in [0.25, 0.3) is 0 Å². The topological polar surface area (TPSA) is 114 Å². The van der Waals surface area contributed by atoms with Crippen molar-refractivity contribution in [2.45, 2.75) is 265 Å². The Bertz CT molecular complexity index is 7030. The molecule has 7 aliphatic heterocycles. The quantitative estimate of drug-likeness (QED) is 0.163. The first-order valence-corrected chi connectivity index (χ1v) is 46.5. The Kier molecular flexibility index (Phi) is 18.6. The third-order valence-corrected chi connectivity index (χ3v) is 32.4. The van der Waals surface area contributed by atoms with Crippen LogP contribution >= 0.6 is 0 Å². The van der Waals surface area contributed by atoms with Gasteiger partial charge in [0, 0.05) is 136 Å². The monoisotopic (exact) mass is 1650 g/mol. The summed E-state index contributed by atoms with van der Waals surface area (Å²) in [6.45, 7) is 31.5. The largest absolute Gasteiger partial charge is 0.456 e. The molecule has 7 aromatic heterocycles. The summed E-state index contributed by atoms with van der Waals surface area (Å²) in [5, 5.41) is 11.7. The lowest BCUT2D eigenvalue weighted by atomic mass is 9.82. The minimum atomic E-state index is -0.993. The maximum atomic E-state index is 9.83. The highest BCUT2D eigenvalue weighted by molar-refractivity contribution is 6.12. The van der Waals surface area contributed by atoms with E-state index in [0.717, 1.165) is 118 Å². The molecule has 10 bridgehead atoms. The van der Waals surface area contributed by atoms with Crippen LogP contribution in [0.3, 0.4) is 0 Å². The molecule has 5 aliphatic carbocycles. The minimum Gasteiger partial charge on any atom is -0.456 e. The van der Waals surface area contributed by atoms with E-state index in [1.807, 2.05) is 69.4 Å². The summed E-state index contributed by atoms with van der Waals surface area (Å²) in [5.74, 6) is 1.75. The molecule has 16 aromatic rings. The second-order valence-corrected chi connectivity index (χ2v) is 39.6. The van der Waals surface area contributed by atoms with E-state index < -0.39 is 12.0 Å². The van der Waals surface area contributed by atoms with Gasteiger partial charge in [-0.3, -0.25) is 9.80 Å². The summed E-state index contributed by atoms with van der Waals surface area (Å²) in [4.78, 5) is 26.8. The van der Waals surface area contributed by atoms with Gasteiger partial charge in [-0.15, -0.1) is 0 Å². The Balaban J connectivity index is 0.0000000938. The number of pyridine rings is 2. The fourth-order valence-electron chi connectivity index (χ4n) is 25.5. The van der Waals surface area contributed by atoms with Crippen LogP contribution in [0, 0.1) is 65.7 Å². The van der Waals surface area contributed by atoms with E-state index in [1.54, 1.807) is 0 Å². The zero-order chi connectivity index (χ0) is 86.8. The number of nitrogens with zero attached hydrogens (tertiary/aromatic N) is 9. The van der Waals surface area contributed by atoms with Gasteiger partial charge in [0.05, 0.1) is 32.5 Å². The average molecular weight is 1650 g/mol. The normalized spacial score (nSPS) is 28.8. The first-order chi connectivity index (χ1) is 60.6. The molecule has 6 saturated heterocycles.